The third-order valence-electron chi connectivity index (χ3n) is 6.10. The molecule has 5 rings (SSSR count). The summed E-state index contributed by atoms with van der Waals surface area (Å²) in [4.78, 5) is 14.7. The van der Waals surface area contributed by atoms with Gasteiger partial charge in [0.2, 0.25) is 15.9 Å². The van der Waals surface area contributed by atoms with Gasteiger partial charge in [-0.2, -0.15) is 4.31 Å². The normalized spacial score (nSPS) is 16.3. The molecule has 6 nitrogen and oxygen atoms in total. The first-order chi connectivity index (χ1) is 16.4. The number of rotatable bonds is 6. The summed E-state index contributed by atoms with van der Waals surface area (Å²) in [6.45, 7) is 0.823. The van der Waals surface area contributed by atoms with E-state index < -0.39 is 15.8 Å². The lowest BCUT2D eigenvalue weighted by molar-refractivity contribution is -0.119. The van der Waals surface area contributed by atoms with Gasteiger partial charge in [0.05, 0.1) is 11.4 Å². The number of nitrogens with zero attached hydrogens (tertiary/aromatic N) is 2. The average molecular weight is 481 g/mol. The molecule has 34 heavy (non-hydrogen) atoms. The van der Waals surface area contributed by atoms with Crippen LogP contribution in [-0.2, 0) is 27.9 Å². The molecule has 3 aromatic carbocycles. The van der Waals surface area contributed by atoms with Gasteiger partial charge < -0.3 is 9.64 Å². The summed E-state index contributed by atoms with van der Waals surface area (Å²) in [5, 5.41) is 0. The van der Waals surface area contributed by atoms with Crippen molar-refractivity contribution in [2.75, 3.05) is 18.1 Å². The SMILES string of the molecule is O=C(C1CC1)N(Cc1ccc2c(c1)CN(S(=O)(=O)c1cccc(F)c1)CCO2)c1ccccc1. The minimum Gasteiger partial charge on any atom is -0.492 e. The molecule has 2 aliphatic rings. The summed E-state index contributed by atoms with van der Waals surface area (Å²) in [7, 11) is -3.90. The lowest BCUT2D eigenvalue weighted by Gasteiger charge is -2.24. The molecule has 0 atom stereocenters. The lowest BCUT2D eigenvalue weighted by Crippen LogP contribution is -2.33. The van der Waals surface area contributed by atoms with Crippen molar-refractivity contribution in [3.8, 4) is 5.75 Å². The van der Waals surface area contributed by atoms with Crippen LogP contribution in [0.1, 0.15) is 24.0 Å². The predicted molar refractivity (Wildman–Crippen MR) is 126 cm³/mol. The molecule has 3 aromatic rings. The summed E-state index contributed by atoms with van der Waals surface area (Å²) < 4.78 is 47.1. The Morgan fingerprint density at radius 2 is 1.82 bits per heavy atom. The van der Waals surface area contributed by atoms with Crippen molar-refractivity contribution >= 4 is 21.6 Å². The van der Waals surface area contributed by atoms with Gasteiger partial charge in [0, 0.05) is 30.3 Å². The zero-order valence-electron chi connectivity index (χ0n) is 18.6. The molecule has 0 saturated heterocycles. The van der Waals surface area contributed by atoms with Crippen LogP contribution < -0.4 is 9.64 Å². The van der Waals surface area contributed by atoms with Crippen LogP contribution in [-0.4, -0.2) is 31.8 Å². The van der Waals surface area contributed by atoms with E-state index in [2.05, 4.69) is 0 Å². The van der Waals surface area contributed by atoms with E-state index >= 15 is 0 Å². The highest BCUT2D eigenvalue weighted by Gasteiger charge is 2.34. The fourth-order valence-corrected chi connectivity index (χ4v) is 5.58. The van der Waals surface area contributed by atoms with Crippen molar-refractivity contribution in [1.29, 1.82) is 0 Å². The van der Waals surface area contributed by atoms with Gasteiger partial charge in [0.1, 0.15) is 18.2 Å². The summed E-state index contributed by atoms with van der Waals surface area (Å²) >= 11 is 0. The molecule has 1 aliphatic carbocycles. The Labute approximate surface area is 198 Å². The maximum Gasteiger partial charge on any atom is 0.243 e. The first-order valence-electron chi connectivity index (χ1n) is 11.3. The van der Waals surface area contributed by atoms with E-state index in [0.717, 1.165) is 30.2 Å². The second kappa shape index (κ2) is 9.19. The number of halogens is 1. The standard InChI is InChI=1S/C26H25FN2O4S/c27-22-5-4-8-24(16-22)34(31,32)28-13-14-33-25-12-9-19(15-21(25)18-28)17-29(26(30)20-10-11-20)23-6-2-1-3-7-23/h1-9,12,15-16,20H,10-11,13-14,17-18H2. The van der Waals surface area contributed by atoms with E-state index in [9.17, 15) is 17.6 Å². The summed E-state index contributed by atoms with van der Waals surface area (Å²) in [6, 6.07) is 20.2. The number of amides is 1. The van der Waals surface area contributed by atoms with Crippen LogP contribution in [0.25, 0.3) is 0 Å². The summed E-state index contributed by atoms with van der Waals surface area (Å²) in [5.41, 5.74) is 2.42. The van der Waals surface area contributed by atoms with Crippen molar-refractivity contribution in [2.24, 2.45) is 5.92 Å². The average Bonchev–Trinajstić information content (AvgIpc) is 3.69. The fraction of sp³-hybridized carbons (Fsp3) is 0.269. The molecule has 8 heteroatoms. The van der Waals surface area contributed by atoms with Crippen molar-refractivity contribution < 1.29 is 22.3 Å². The number of carbonyl (C=O) groups is 1. The fourth-order valence-electron chi connectivity index (χ4n) is 4.14. The zero-order valence-corrected chi connectivity index (χ0v) is 19.4. The Morgan fingerprint density at radius 1 is 1.03 bits per heavy atom. The predicted octanol–water partition coefficient (Wildman–Crippen LogP) is 4.35. The second-order valence-electron chi connectivity index (χ2n) is 8.62. The number of benzene rings is 3. The van der Waals surface area contributed by atoms with Crippen molar-refractivity contribution in [3.05, 3.63) is 89.7 Å². The summed E-state index contributed by atoms with van der Waals surface area (Å²) in [5.74, 6) is 0.181. The van der Waals surface area contributed by atoms with E-state index in [1.807, 2.05) is 48.5 Å². The number of carbonyl (C=O) groups excluding carboxylic acids is 1. The van der Waals surface area contributed by atoms with Gasteiger partial charge in [-0.15, -0.1) is 0 Å². The van der Waals surface area contributed by atoms with E-state index in [0.29, 0.717) is 17.9 Å². The lowest BCUT2D eigenvalue weighted by atomic mass is 10.1. The topological polar surface area (TPSA) is 66.9 Å². The van der Waals surface area contributed by atoms with Crippen molar-refractivity contribution in [3.63, 3.8) is 0 Å². The first kappa shape index (κ1) is 22.6. The molecule has 1 aliphatic heterocycles. The van der Waals surface area contributed by atoms with Crippen LogP contribution >= 0.6 is 0 Å². The van der Waals surface area contributed by atoms with Crippen molar-refractivity contribution in [2.45, 2.75) is 30.8 Å². The molecule has 0 N–H and O–H groups in total. The van der Waals surface area contributed by atoms with Crippen LogP contribution in [0.15, 0.2) is 77.7 Å². The quantitative estimate of drug-likeness (QED) is 0.526. The van der Waals surface area contributed by atoms with Gasteiger partial charge in [0.25, 0.3) is 0 Å². The Bertz CT molecular complexity index is 1310. The molecule has 0 bridgehead atoms. The summed E-state index contributed by atoms with van der Waals surface area (Å²) in [6.07, 6.45) is 1.82. The van der Waals surface area contributed by atoms with E-state index in [1.54, 1.807) is 4.90 Å². The number of hydrogen-bond donors (Lipinski definition) is 0. The largest absolute Gasteiger partial charge is 0.492 e. The molecule has 1 amide bonds. The minimum absolute atomic E-state index is 0.0660. The van der Waals surface area contributed by atoms with Gasteiger partial charge in [-0.1, -0.05) is 30.3 Å². The Kier molecular flexibility index (Phi) is 6.10. The monoisotopic (exact) mass is 480 g/mol. The Morgan fingerprint density at radius 3 is 2.56 bits per heavy atom. The molecule has 0 unspecified atom stereocenters. The molecule has 1 saturated carbocycles. The maximum atomic E-state index is 13.7. The smallest absolute Gasteiger partial charge is 0.243 e. The highest BCUT2D eigenvalue weighted by atomic mass is 32.2. The number of anilines is 1. The Hall–Kier alpha value is -3.23. The zero-order chi connectivity index (χ0) is 23.7. The Balaban J connectivity index is 1.43. The number of fused-ring (bicyclic) bond motifs is 1. The van der Waals surface area contributed by atoms with Gasteiger partial charge in [0.15, 0.2) is 0 Å². The number of hydrogen-bond acceptors (Lipinski definition) is 4. The number of sulfonamides is 1. The van der Waals surface area contributed by atoms with Crippen LogP contribution in [0.4, 0.5) is 10.1 Å². The van der Waals surface area contributed by atoms with Crippen molar-refractivity contribution in [1.82, 2.24) is 4.31 Å². The van der Waals surface area contributed by atoms with E-state index in [4.69, 9.17) is 4.74 Å². The van der Waals surface area contributed by atoms with Crippen LogP contribution in [0.3, 0.4) is 0 Å². The highest BCUT2D eigenvalue weighted by Crippen LogP contribution is 2.34. The molecule has 0 radical (unpaired) electrons. The molecular weight excluding hydrogens is 455 g/mol. The van der Waals surface area contributed by atoms with Crippen LogP contribution in [0.2, 0.25) is 0 Å². The molecule has 0 spiro atoms. The van der Waals surface area contributed by atoms with Crippen LogP contribution in [0.5, 0.6) is 5.75 Å². The van der Waals surface area contributed by atoms with Gasteiger partial charge in [-0.25, -0.2) is 12.8 Å². The third kappa shape index (κ3) is 4.69. The van der Waals surface area contributed by atoms with Crippen LogP contribution in [0, 0.1) is 11.7 Å². The minimum atomic E-state index is -3.90. The molecule has 1 fully saturated rings. The molecular formula is C26H25FN2O4S. The van der Waals surface area contributed by atoms with E-state index in [1.165, 1.54) is 22.5 Å². The third-order valence-corrected chi connectivity index (χ3v) is 7.95. The maximum absolute atomic E-state index is 13.7. The molecule has 1 heterocycles. The number of para-hydroxylation sites is 1. The molecule has 0 aromatic heterocycles. The number of ether oxygens (including phenoxy) is 1. The second-order valence-corrected chi connectivity index (χ2v) is 10.6. The molecule has 176 valence electrons. The first-order valence-corrected chi connectivity index (χ1v) is 12.7. The van der Waals surface area contributed by atoms with Gasteiger partial charge in [-0.3, -0.25) is 4.79 Å². The van der Waals surface area contributed by atoms with Gasteiger partial charge >= 0.3 is 0 Å². The van der Waals surface area contributed by atoms with Gasteiger partial charge in [-0.05, 0) is 60.9 Å². The highest BCUT2D eigenvalue weighted by molar-refractivity contribution is 7.89. The van der Waals surface area contributed by atoms with E-state index in [-0.39, 0.29) is 36.4 Å².